The van der Waals surface area contributed by atoms with Gasteiger partial charge in [-0.25, -0.2) is 0 Å². The minimum atomic E-state index is -0.778. The molecule has 1 heterocycles. The van der Waals surface area contributed by atoms with Gasteiger partial charge in [-0.1, -0.05) is 0 Å². The van der Waals surface area contributed by atoms with E-state index in [4.69, 9.17) is 11.5 Å². The van der Waals surface area contributed by atoms with Gasteiger partial charge in [0.05, 0.1) is 0 Å². The Balaban J connectivity index is 2.55. The van der Waals surface area contributed by atoms with E-state index < -0.39 is 10.1 Å². The van der Waals surface area contributed by atoms with Crippen molar-refractivity contribution in [2.45, 2.75) is 4.20 Å². The third kappa shape index (κ3) is 0.844. The molecule has 1 aliphatic rings. The molecule has 0 aromatic rings. The van der Waals surface area contributed by atoms with Gasteiger partial charge >= 0.3 is 0 Å². The summed E-state index contributed by atoms with van der Waals surface area (Å²) in [5.74, 6) is -0.442. The minimum absolute atomic E-state index is 0.442. The highest BCUT2D eigenvalue weighted by Gasteiger charge is 2.48. The van der Waals surface area contributed by atoms with Crippen LogP contribution in [0.3, 0.4) is 0 Å². The van der Waals surface area contributed by atoms with Crippen LogP contribution in [0, 0.1) is 0 Å². The quantitative estimate of drug-likeness (QED) is 0.376. The third-order valence-electron chi connectivity index (χ3n) is 0.606. The SMILES string of the molecule is NC(=O)C1(N)SS1. The predicted octanol–water partition coefficient (Wildman–Crippen LogP) is -0.521. The second-order valence-corrected chi connectivity index (χ2v) is 4.08. The number of amides is 1. The highest BCUT2D eigenvalue weighted by atomic mass is 33.2. The molecule has 1 amide bonds. The zero-order chi connectivity index (χ0) is 5.49. The van der Waals surface area contributed by atoms with Crippen LogP contribution in [0.4, 0.5) is 0 Å². The van der Waals surface area contributed by atoms with E-state index in [-0.39, 0.29) is 0 Å². The van der Waals surface area contributed by atoms with Gasteiger partial charge in [-0.05, 0) is 21.6 Å². The van der Waals surface area contributed by atoms with Crippen molar-refractivity contribution in [3.8, 4) is 0 Å². The zero-order valence-corrected chi connectivity index (χ0v) is 5.01. The van der Waals surface area contributed by atoms with E-state index in [2.05, 4.69) is 0 Å². The van der Waals surface area contributed by atoms with Gasteiger partial charge in [-0.15, -0.1) is 0 Å². The van der Waals surface area contributed by atoms with Gasteiger partial charge in [-0.2, -0.15) is 0 Å². The summed E-state index contributed by atoms with van der Waals surface area (Å²) in [6, 6.07) is 0. The van der Waals surface area contributed by atoms with Crippen molar-refractivity contribution in [1.82, 2.24) is 0 Å². The zero-order valence-electron chi connectivity index (χ0n) is 3.38. The molecule has 5 heteroatoms. The first-order chi connectivity index (χ1) is 3.15. The van der Waals surface area contributed by atoms with Crippen molar-refractivity contribution < 1.29 is 4.79 Å². The molecule has 0 aliphatic carbocycles. The van der Waals surface area contributed by atoms with Crippen LogP contribution in [-0.4, -0.2) is 10.1 Å². The molecule has 1 aliphatic heterocycles. The first-order valence-corrected chi connectivity index (χ1v) is 3.76. The first-order valence-electron chi connectivity index (χ1n) is 1.61. The summed E-state index contributed by atoms with van der Waals surface area (Å²) in [5, 5.41) is 0. The maximum absolute atomic E-state index is 10.1. The monoisotopic (exact) mass is 136 g/mol. The Labute approximate surface area is 48.6 Å². The lowest BCUT2D eigenvalue weighted by atomic mass is 10.6. The van der Waals surface area contributed by atoms with E-state index in [9.17, 15) is 4.79 Å². The van der Waals surface area contributed by atoms with Crippen LogP contribution >= 0.6 is 21.6 Å². The van der Waals surface area contributed by atoms with Gasteiger partial charge in [-0.3, -0.25) is 10.5 Å². The number of hydrogen-bond acceptors (Lipinski definition) is 4. The fourth-order valence-corrected chi connectivity index (χ4v) is 1.14. The molecule has 0 atom stereocenters. The number of rotatable bonds is 1. The van der Waals surface area contributed by atoms with Crippen molar-refractivity contribution in [2.24, 2.45) is 11.5 Å². The maximum Gasteiger partial charge on any atom is 0.260 e. The van der Waals surface area contributed by atoms with Crippen LogP contribution < -0.4 is 11.5 Å². The molecular formula is C2H4N2OS2. The van der Waals surface area contributed by atoms with Crippen molar-refractivity contribution in [3.63, 3.8) is 0 Å². The Kier molecular flexibility index (Phi) is 0.980. The molecule has 3 nitrogen and oxygen atoms in total. The minimum Gasteiger partial charge on any atom is -0.366 e. The second kappa shape index (κ2) is 1.30. The predicted molar refractivity (Wildman–Crippen MR) is 31.3 cm³/mol. The van der Waals surface area contributed by atoms with Crippen LogP contribution in [0.1, 0.15) is 0 Å². The molecule has 40 valence electrons. The number of primary amides is 1. The molecule has 0 unspecified atom stereocenters. The summed E-state index contributed by atoms with van der Waals surface area (Å²) < 4.78 is -0.778. The molecule has 0 bridgehead atoms. The van der Waals surface area contributed by atoms with Crippen LogP contribution in [0.15, 0.2) is 0 Å². The van der Waals surface area contributed by atoms with Crippen molar-refractivity contribution >= 4 is 27.5 Å². The van der Waals surface area contributed by atoms with E-state index in [0.29, 0.717) is 0 Å². The summed E-state index contributed by atoms with van der Waals surface area (Å²) in [7, 11) is 2.60. The molecule has 0 radical (unpaired) electrons. The molecule has 0 spiro atoms. The van der Waals surface area contributed by atoms with E-state index in [1.807, 2.05) is 0 Å². The topological polar surface area (TPSA) is 69.1 Å². The van der Waals surface area contributed by atoms with Gasteiger partial charge < -0.3 is 5.73 Å². The van der Waals surface area contributed by atoms with Gasteiger partial charge in [0.1, 0.15) is 0 Å². The van der Waals surface area contributed by atoms with Gasteiger partial charge in [0, 0.05) is 0 Å². The van der Waals surface area contributed by atoms with Gasteiger partial charge in [0.2, 0.25) is 4.20 Å². The lowest BCUT2D eigenvalue weighted by Crippen LogP contribution is -2.36. The van der Waals surface area contributed by atoms with E-state index >= 15 is 0 Å². The Morgan fingerprint density at radius 1 is 1.57 bits per heavy atom. The Bertz CT molecular complexity index is 110. The first kappa shape index (κ1) is 5.27. The van der Waals surface area contributed by atoms with Gasteiger partial charge in [0.15, 0.2) is 0 Å². The number of carbonyl (C=O) groups is 1. The van der Waals surface area contributed by atoms with E-state index in [0.717, 1.165) is 0 Å². The standard InChI is InChI=1S/C2H4N2OS2/c3-1(5)2(4)6-7-2/h4H2,(H2,3,5). The fourth-order valence-electron chi connectivity index (χ4n) is 0.127. The molecule has 1 rings (SSSR count). The number of nitrogens with two attached hydrogens (primary N) is 2. The number of carbonyl (C=O) groups excluding carboxylic acids is 1. The molecule has 1 fully saturated rings. The highest BCUT2D eigenvalue weighted by Crippen LogP contribution is 2.60. The normalized spacial score (nSPS) is 24.1. The van der Waals surface area contributed by atoms with Crippen LogP contribution in [0.5, 0.6) is 0 Å². The highest BCUT2D eigenvalue weighted by molar-refractivity contribution is 8.94. The second-order valence-electron chi connectivity index (χ2n) is 1.20. The summed E-state index contributed by atoms with van der Waals surface area (Å²) in [6.45, 7) is 0. The molecule has 0 aromatic heterocycles. The molecular weight excluding hydrogens is 132 g/mol. The Morgan fingerprint density at radius 3 is 2.00 bits per heavy atom. The van der Waals surface area contributed by atoms with Crippen molar-refractivity contribution in [2.75, 3.05) is 0 Å². The number of hydrogen-bond donors (Lipinski definition) is 2. The molecule has 0 saturated carbocycles. The average molecular weight is 136 g/mol. The lowest BCUT2D eigenvalue weighted by Gasteiger charge is -1.92. The van der Waals surface area contributed by atoms with E-state index in [1.165, 1.54) is 21.6 Å². The maximum atomic E-state index is 10.1. The molecule has 4 N–H and O–H groups in total. The van der Waals surface area contributed by atoms with Crippen LogP contribution in [-0.2, 0) is 4.79 Å². The molecule has 1 saturated heterocycles. The molecule has 0 aromatic carbocycles. The van der Waals surface area contributed by atoms with Crippen LogP contribution in [0.25, 0.3) is 0 Å². The van der Waals surface area contributed by atoms with Crippen LogP contribution in [0.2, 0.25) is 0 Å². The largest absolute Gasteiger partial charge is 0.366 e. The molecule has 7 heavy (non-hydrogen) atoms. The van der Waals surface area contributed by atoms with Crippen molar-refractivity contribution in [1.29, 1.82) is 0 Å². The summed E-state index contributed by atoms with van der Waals surface area (Å²) >= 11 is 0. The third-order valence-corrected chi connectivity index (χ3v) is 3.11. The summed E-state index contributed by atoms with van der Waals surface area (Å²) in [5.41, 5.74) is 10.1. The van der Waals surface area contributed by atoms with Crippen molar-refractivity contribution in [3.05, 3.63) is 0 Å². The lowest BCUT2D eigenvalue weighted by molar-refractivity contribution is -0.117. The Morgan fingerprint density at radius 2 is 2.00 bits per heavy atom. The fraction of sp³-hybridized carbons (Fsp3) is 0.500. The summed E-state index contributed by atoms with van der Waals surface area (Å²) in [4.78, 5) is 10.1. The average Bonchev–Trinajstić information content (AvgIpc) is 2.21. The van der Waals surface area contributed by atoms with E-state index in [1.54, 1.807) is 0 Å². The van der Waals surface area contributed by atoms with Gasteiger partial charge in [0.25, 0.3) is 5.91 Å². The Hall–Kier alpha value is 0.130. The smallest absolute Gasteiger partial charge is 0.260 e. The summed E-state index contributed by atoms with van der Waals surface area (Å²) in [6.07, 6.45) is 0.